The van der Waals surface area contributed by atoms with Crippen LogP contribution < -0.4 is 5.32 Å². The summed E-state index contributed by atoms with van der Waals surface area (Å²) in [5, 5.41) is 10.7. The number of carbonyl (C=O) groups is 1. The number of nitrogens with one attached hydrogen (secondary N) is 1. The van der Waals surface area contributed by atoms with Crippen molar-refractivity contribution in [2.24, 2.45) is 0 Å². The van der Waals surface area contributed by atoms with Crippen molar-refractivity contribution in [1.29, 1.82) is 0 Å². The topological polar surface area (TPSA) is 68.0 Å². The first kappa shape index (κ1) is 10.5. The fraction of sp³-hybridized carbons (Fsp3) is 0.667. The van der Waals surface area contributed by atoms with Crippen LogP contribution in [0.1, 0.15) is 31.6 Å². The average Bonchev–Trinajstić information content (AvgIpc) is 2.99. The first-order chi connectivity index (χ1) is 7.20. The van der Waals surface area contributed by atoms with Gasteiger partial charge in [0.15, 0.2) is 0 Å². The van der Waals surface area contributed by atoms with Gasteiger partial charge < -0.3 is 9.73 Å². The molecule has 6 heteroatoms. The Hall–Kier alpha value is -1.04. The third-order valence-corrected chi connectivity index (χ3v) is 3.18. The van der Waals surface area contributed by atoms with Crippen LogP contribution in [0.4, 0.5) is 0 Å². The summed E-state index contributed by atoms with van der Waals surface area (Å²) in [5.74, 6) is 1.13. The molecule has 1 N–H and O–H groups in total. The molecular weight excluding hydrogens is 214 g/mol. The zero-order chi connectivity index (χ0) is 10.8. The Morgan fingerprint density at radius 3 is 2.93 bits per heavy atom. The Morgan fingerprint density at radius 2 is 2.33 bits per heavy atom. The van der Waals surface area contributed by atoms with E-state index in [1.807, 2.05) is 6.92 Å². The number of hydrogen-bond acceptors (Lipinski definition) is 5. The van der Waals surface area contributed by atoms with Crippen LogP contribution in [0, 0.1) is 0 Å². The van der Waals surface area contributed by atoms with Crippen molar-refractivity contribution in [3.8, 4) is 0 Å². The Kier molecular flexibility index (Phi) is 2.95. The number of carbonyl (C=O) groups excluding carboxylic acids is 1. The molecule has 82 valence electrons. The zero-order valence-electron chi connectivity index (χ0n) is 8.69. The molecule has 1 saturated carbocycles. The lowest BCUT2D eigenvalue weighted by Gasteiger charge is -2.04. The van der Waals surface area contributed by atoms with Gasteiger partial charge in [0.25, 0.3) is 5.22 Å². The van der Waals surface area contributed by atoms with Gasteiger partial charge in [-0.15, -0.1) is 10.2 Å². The molecule has 1 aromatic rings. The van der Waals surface area contributed by atoms with Gasteiger partial charge in [0.1, 0.15) is 0 Å². The molecule has 1 aliphatic carbocycles. The van der Waals surface area contributed by atoms with Crippen LogP contribution >= 0.6 is 11.8 Å². The van der Waals surface area contributed by atoms with Crippen molar-refractivity contribution in [3.63, 3.8) is 0 Å². The fourth-order valence-corrected chi connectivity index (χ4v) is 1.92. The second-order valence-corrected chi connectivity index (χ2v) is 4.85. The first-order valence-corrected chi connectivity index (χ1v) is 5.80. The first-order valence-electron chi connectivity index (χ1n) is 4.92. The van der Waals surface area contributed by atoms with Gasteiger partial charge in [0.2, 0.25) is 11.8 Å². The average molecular weight is 227 g/mol. The maximum Gasteiger partial charge on any atom is 0.277 e. The molecule has 0 unspecified atom stereocenters. The van der Waals surface area contributed by atoms with E-state index in [9.17, 15) is 4.79 Å². The third kappa shape index (κ3) is 2.50. The molecule has 5 nitrogen and oxygen atoms in total. The minimum atomic E-state index is -0.206. The highest BCUT2D eigenvalue weighted by molar-refractivity contribution is 8.00. The molecular formula is C9H13N3O2S. The van der Waals surface area contributed by atoms with Crippen LogP contribution in [0.25, 0.3) is 0 Å². The molecule has 2 rings (SSSR count). The van der Waals surface area contributed by atoms with Crippen LogP contribution in [0.15, 0.2) is 9.64 Å². The lowest BCUT2D eigenvalue weighted by Crippen LogP contribution is -2.27. The van der Waals surface area contributed by atoms with E-state index in [0.717, 1.165) is 12.8 Å². The lowest BCUT2D eigenvalue weighted by atomic mass is 10.4. The summed E-state index contributed by atoms with van der Waals surface area (Å²) >= 11 is 1.29. The second kappa shape index (κ2) is 4.22. The number of amides is 1. The van der Waals surface area contributed by atoms with Crippen LogP contribution in [0.2, 0.25) is 0 Å². The van der Waals surface area contributed by atoms with Gasteiger partial charge in [-0.2, -0.15) is 0 Å². The number of aromatic nitrogens is 2. The molecule has 0 saturated heterocycles. The van der Waals surface area contributed by atoms with E-state index in [2.05, 4.69) is 15.5 Å². The highest BCUT2D eigenvalue weighted by atomic mass is 32.2. The summed E-state index contributed by atoms with van der Waals surface area (Å²) in [7, 11) is 1.61. The van der Waals surface area contributed by atoms with Crippen molar-refractivity contribution in [1.82, 2.24) is 15.5 Å². The number of hydrogen-bond donors (Lipinski definition) is 1. The van der Waals surface area contributed by atoms with E-state index in [1.165, 1.54) is 11.8 Å². The molecule has 1 heterocycles. The predicted molar refractivity (Wildman–Crippen MR) is 55.7 cm³/mol. The lowest BCUT2D eigenvalue weighted by molar-refractivity contribution is -0.119. The molecule has 0 aromatic carbocycles. The minimum absolute atomic E-state index is 0.0360. The van der Waals surface area contributed by atoms with E-state index >= 15 is 0 Å². The summed E-state index contributed by atoms with van der Waals surface area (Å²) in [4.78, 5) is 11.2. The maximum atomic E-state index is 11.2. The van der Waals surface area contributed by atoms with Crippen molar-refractivity contribution < 1.29 is 9.21 Å². The SMILES string of the molecule is CNC(=O)[C@H](C)Sc1nnc(C2CC2)o1. The minimum Gasteiger partial charge on any atom is -0.416 e. The van der Waals surface area contributed by atoms with Gasteiger partial charge in [0.05, 0.1) is 5.25 Å². The van der Waals surface area contributed by atoms with Gasteiger partial charge in [-0.1, -0.05) is 11.8 Å². The van der Waals surface area contributed by atoms with Gasteiger partial charge in [0, 0.05) is 13.0 Å². The van der Waals surface area contributed by atoms with Gasteiger partial charge in [-0.3, -0.25) is 4.79 Å². The summed E-state index contributed by atoms with van der Waals surface area (Å²) in [5.41, 5.74) is 0. The van der Waals surface area contributed by atoms with Gasteiger partial charge in [-0.05, 0) is 19.8 Å². The van der Waals surface area contributed by atoms with Gasteiger partial charge in [-0.25, -0.2) is 0 Å². The number of rotatable bonds is 4. The van der Waals surface area contributed by atoms with Crippen molar-refractivity contribution in [2.45, 2.75) is 36.2 Å². The zero-order valence-corrected chi connectivity index (χ0v) is 9.50. The van der Waals surface area contributed by atoms with Crippen molar-refractivity contribution >= 4 is 17.7 Å². The maximum absolute atomic E-state index is 11.2. The van der Waals surface area contributed by atoms with Crippen LogP contribution in [0.3, 0.4) is 0 Å². The molecule has 0 bridgehead atoms. The smallest absolute Gasteiger partial charge is 0.277 e. The highest BCUT2D eigenvalue weighted by Gasteiger charge is 2.29. The van der Waals surface area contributed by atoms with Crippen LogP contribution in [-0.4, -0.2) is 28.4 Å². The van der Waals surface area contributed by atoms with Crippen molar-refractivity contribution in [3.05, 3.63) is 5.89 Å². The Balaban J connectivity index is 1.94. The molecule has 1 aliphatic rings. The van der Waals surface area contributed by atoms with E-state index in [0.29, 0.717) is 17.0 Å². The predicted octanol–water partition coefficient (Wildman–Crippen LogP) is 1.17. The largest absolute Gasteiger partial charge is 0.416 e. The molecule has 1 amide bonds. The van der Waals surface area contributed by atoms with Gasteiger partial charge >= 0.3 is 0 Å². The molecule has 1 fully saturated rings. The summed E-state index contributed by atoms with van der Waals surface area (Å²) in [6.45, 7) is 1.81. The van der Waals surface area contributed by atoms with E-state index in [1.54, 1.807) is 7.05 Å². The van der Waals surface area contributed by atoms with E-state index in [-0.39, 0.29) is 11.2 Å². The highest BCUT2D eigenvalue weighted by Crippen LogP contribution is 2.40. The monoisotopic (exact) mass is 227 g/mol. The molecule has 1 aromatic heterocycles. The molecule has 0 aliphatic heterocycles. The molecule has 15 heavy (non-hydrogen) atoms. The third-order valence-electron chi connectivity index (χ3n) is 2.24. The summed E-state index contributed by atoms with van der Waals surface area (Å²) in [6.07, 6.45) is 2.27. The molecule has 0 spiro atoms. The van der Waals surface area contributed by atoms with E-state index in [4.69, 9.17) is 4.42 Å². The Bertz CT molecular complexity index is 362. The second-order valence-electron chi connectivity index (χ2n) is 3.55. The number of thioether (sulfide) groups is 1. The normalized spacial score (nSPS) is 17.5. The summed E-state index contributed by atoms with van der Waals surface area (Å²) in [6, 6.07) is 0. The standard InChI is InChI=1S/C9H13N3O2S/c1-5(7(13)10-2)15-9-12-11-8(14-9)6-3-4-6/h5-6H,3-4H2,1-2H3,(H,10,13)/t5-/m0/s1. The molecule has 1 atom stereocenters. The summed E-state index contributed by atoms with van der Waals surface area (Å²) < 4.78 is 5.43. The Labute approximate surface area is 92.0 Å². The fourth-order valence-electron chi connectivity index (χ4n) is 1.17. The number of nitrogens with zero attached hydrogens (tertiary/aromatic N) is 2. The quantitative estimate of drug-likeness (QED) is 0.782. The Morgan fingerprint density at radius 1 is 1.60 bits per heavy atom. The van der Waals surface area contributed by atoms with Crippen LogP contribution in [0.5, 0.6) is 0 Å². The van der Waals surface area contributed by atoms with E-state index < -0.39 is 0 Å². The van der Waals surface area contributed by atoms with Crippen LogP contribution in [-0.2, 0) is 4.79 Å². The molecule has 0 radical (unpaired) electrons. The van der Waals surface area contributed by atoms with Crippen molar-refractivity contribution in [2.75, 3.05) is 7.05 Å².